The van der Waals surface area contributed by atoms with Crippen LogP contribution in [0.15, 0.2) is 16.2 Å². The lowest BCUT2D eigenvalue weighted by molar-refractivity contribution is 0.705. The Balaban J connectivity index is 3.19. The van der Waals surface area contributed by atoms with Crippen LogP contribution in [0.4, 0.5) is 0 Å². The standard InChI is InChI=1S/C10H12N4O2/c1-5-6-11-8-7(12(6)2)9(15)14(4)10(16)13(8)3/h5H,1H2,2-4H3. The topological polar surface area (TPSA) is 61.8 Å². The Morgan fingerprint density at radius 2 is 1.75 bits per heavy atom. The normalized spacial score (nSPS) is 10.9. The molecular weight excluding hydrogens is 208 g/mol. The van der Waals surface area contributed by atoms with Crippen molar-refractivity contribution in [2.45, 2.75) is 0 Å². The lowest BCUT2D eigenvalue weighted by atomic mass is 10.5. The number of hydrogen-bond donors (Lipinski definition) is 0. The van der Waals surface area contributed by atoms with Crippen LogP contribution in [0.5, 0.6) is 0 Å². The smallest absolute Gasteiger partial charge is 0.322 e. The van der Waals surface area contributed by atoms with E-state index >= 15 is 0 Å². The van der Waals surface area contributed by atoms with Gasteiger partial charge in [-0.25, -0.2) is 9.78 Å². The molecule has 84 valence electrons. The van der Waals surface area contributed by atoms with Gasteiger partial charge >= 0.3 is 5.69 Å². The summed E-state index contributed by atoms with van der Waals surface area (Å²) in [6.45, 7) is 3.61. The van der Waals surface area contributed by atoms with Gasteiger partial charge in [0.1, 0.15) is 5.82 Å². The van der Waals surface area contributed by atoms with Gasteiger partial charge in [0.05, 0.1) is 0 Å². The van der Waals surface area contributed by atoms with E-state index in [1.807, 2.05) is 0 Å². The maximum atomic E-state index is 11.9. The molecule has 2 aromatic heterocycles. The van der Waals surface area contributed by atoms with E-state index in [1.54, 1.807) is 24.7 Å². The third kappa shape index (κ3) is 1.09. The first-order chi connectivity index (χ1) is 7.49. The summed E-state index contributed by atoms with van der Waals surface area (Å²) in [5.74, 6) is 0.563. The van der Waals surface area contributed by atoms with Crippen molar-refractivity contribution in [3.63, 3.8) is 0 Å². The molecule has 0 unspecified atom stereocenters. The lowest BCUT2D eigenvalue weighted by Gasteiger charge is -2.02. The molecule has 0 atom stereocenters. The third-order valence-electron chi connectivity index (χ3n) is 2.69. The molecule has 2 aromatic rings. The summed E-state index contributed by atoms with van der Waals surface area (Å²) in [4.78, 5) is 27.8. The maximum Gasteiger partial charge on any atom is 0.332 e. The van der Waals surface area contributed by atoms with Gasteiger partial charge in [-0.3, -0.25) is 13.9 Å². The van der Waals surface area contributed by atoms with Crippen molar-refractivity contribution in [3.8, 4) is 0 Å². The SMILES string of the molecule is C=Cc1nc2c(c(=O)n(C)c(=O)n2C)n1C. The van der Waals surface area contributed by atoms with E-state index in [9.17, 15) is 9.59 Å². The molecule has 0 aliphatic rings. The van der Waals surface area contributed by atoms with Crippen LogP contribution in [0.1, 0.15) is 5.82 Å². The number of imidazole rings is 1. The van der Waals surface area contributed by atoms with E-state index in [0.29, 0.717) is 17.0 Å². The van der Waals surface area contributed by atoms with Crippen LogP contribution in [0.25, 0.3) is 17.2 Å². The fourth-order valence-corrected chi connectivity index (χ4v) is 1.72. The largest absolute Gasteiger partial charge is 0.332 e. The lowest BCUT2D eigenvalue weighted by Crippen LogP contribution is -2.37. The average Bonchev–Trinajstić information content (AvgIpc) is 2.61. The molecule has 0 N–H and O–H groups in total. The number of aromatic nitrogens is 4. The van der Waals surface area contributed by atoms with Crippen molar-refractivity contribution in [3.05, 3.63) is 33.2 Å². The van der Waals surface area contributed by atoms with Gasteiger partial charge in [0.2, 0.25) is 0 Å². The highest BCUT2D eigenvalue weighted by Crippen LogP contribution is 2.09. The summed E-state index contributed by atoms with van der Waals surface area (Å²) in [6.07, 6.45) is 1.55. The summed E-state index contributed by atoms with van der Waals surface area (Å²) < 4.78 is 4.05. The fraction of sp³-hybridized carbons (Fsp3) is 0.300. The zero-order chi connectivity index (χ0) is 12.0. The van der Waals surface area contributed by atoms with Crippen LogP contribution in [-0.2, 0) is 21.1 Å². The first-order valence-corrected chi connectivity index (χ1v) is 4.74. The second-order valence-electron chi connectivity index (χ2n) is 3.61. The summed E-state index contributed by atoms with van der Waals surface area (Å²) in [6, 6.07) is 0. The van der Waals surface area contributed by atoms with Crippen molar-refractivity contribution in [1.29, 1.82) is 0 Å². The number of hydrogen-bond acceptors (Lipinski definition) is 3. The van der Waals surface area contributed by atoms with Crippen LogP contribution in [-0.4, -0.2) is 18.7 Å². The molecule has 6 nitrogen and oxygen atoms in total. The van der Waals surface area contributed by atoms with Gasteiger partial charge < -0.3 is 4.57 Å². The Morgan fingerprint density at radius 3 is 2.31 bits per heavy atom. The van der Waals surface area contributed by atoms with Gasteiger partial charge in [-0.2, -0.15) is 0 Å². The number of fused-ring (bicyclic) bond motifs is 1. The Hall–Kier alpha value is -2.11. The summed E-state index contributed by atoms with van der Waals surface area (Å²) in [5, 5.41) is 0. The highest BCUT2D eigenvalue weighted by atomic mass is 16.2. The average molecular weight is 220 g/mol. The van der Waals surface area contributed by atoms with Gasteiger partial charge in [0, 0.05) is 21.1 Å². The van der Waals surface area contributed by atoms with E-state index in [4.69, 9.17) is 0 Å². The maximum absolute atomic E-state index is 11.9. The zero-order valence-corrected chi connectivity index (χ0v) is 9.39. The predicted octanol–water partition coefficient (Wildman–Crippen LogP) is -0.386. The predicted molar refractivity (Wildman–Crippen MR) is 61.3 cm³/mol. The Labute approximate surface area is 91.1 Å². The quantitative estimate of drug-likeness (QED) is 0.657. The molecule has 0 amide bonds. The van der Waals surface area contributed by atoms with Crippen LogP contribution < -0.4 is 11.2 Å². The zero-order valence-electron chi connectivity index (χ0n) is 9.39. The van der Waals surface area contributed by atoms with Gasteiger partial charge in [-0.15, -0.1) is 0 Å². The number of aryl methyl sites for hydroxylation is 2. The minimum atomic E-state index is -0.383. The second-order valence-corrected chi connectivity index (χ2v) is 3.61. The molecule has 0 aliphatic heterocycles. The minimum Gasteiger partial charge on any atom is -0.322 e. The molecule has 16 heavy (non-hydrogen) atoms. The minimum absolute atomic E-state index is 0.346. The third-order valence-corrected chi connectivity index (χ3v) is 2.69. The summed E-state index contributed by atoms with van der Waals surface area (Å²) in [7, 11) is 4.76. The number of nitrogens with zero attached hydrogens (tertiary/aromatic N) is 4. The molecule has 6 heteroatoms. The van der Waals surface area contributed by atoms with Crippen molar-refractivity contribution in [2.75, 3.05) is 0 Å². The van der Waals surface area contributed by atoms with Gasteiger partial charge in [0.15, 0.2) is 11.2 Å². The van der Waals surface area contributed by atoms with Crippen molar-refractivity contribution in [1.82, 2.24) is 18.7 Å². The van der Waals surface area contributed by atoms with Crippen molar-refractivity contribution >= 4 is 17.2 Å². The van der Waals surface area contributed by atoms with Crippen molar-refractivity contribution < 1.29 is 0 Å². The summed E-state index contributed by atoms with van der Waals surface area (Å²) in [5.41, 5.74) is 0.0532. The van der Waals surface area contributed by atoms with Crippen molar-refractivity contribution in [2.24, 2.45) is 21.1 Å². The molecule has 0 radical (unpaired) electrons. The van der Waals surface area contributed by atoms with E-state index < -0.39 is 0 Å². The van der Waals surface area contributed by atoms with E-state index in [-0.39, 0.29) is 11.2 Å². The van der Waals surface area contributed by atoms with Gasteiger partial charge in [-0.05, 0) is 6.08 Å². The Morgan fingerprint density at radius 1 is 1.12 bits per heavy atom. The highest BCUT2D eigenvalue weighted by Gasteiger charge is 2.14. The van der Waals surface area contributed by atoms with Crippen LogP contribution in [0.3, 0.4) is 0 Å². The van der Waals surface area contributed by atoms with Gasteiger partial charge in [-0.1, -0.05) is 6.58 Å². The molecule has 2 heterocycles. The second kappa shape index (κ2) is 3.19. The molecule has 2 rings (SSSR count). The molecule has 0 aliphatic carbocycles. The first-order valence-electron chi connectivity index (χ1n) is 4.74. The monoisotopic (exact) mass is 220 g/mol. The van der Waals surface area contributed by atoms with E-state index in [0.717, 1.165) is 4.57 Å². The molecule has 0 spiro atoms. The van der Waals surface area contributed by atoms with Crippen LogP contribution in [0.2, 0.25) is 0 Å². The van der Waals surface area contributed by atoms with Crippen LogP contribution >= 0.6 is 0 Å². The molecule has 0 saturated heterocycles. The van der Waals surface area contributed by atoms with E-state index in [1.165, 1.54) is 11.6 Å². The van der Waals surface area contributed by atoms with Gasteiger partial charge in [0.25, 0.3) is 5.56 Å². The molecule has 0 aromatic carbocycles. The molecule has 0 saturated carbocycles. The van der Waals surface area contributed by atoms with Crippen LogP contribution in [0, 0.1) is 0 Å². The number of rotatable bonds is 1. The molecular formula is C10H12N4O2. The molecule has 0 fully saturated rings. The fourth-order valence-electron chi connectivity index (χ4n) is 1.72. The summed E-state index contributed by atoms with van der Waals surface area (Å²) >= 11 is 0. The Bertz CT molecular complexity index is 702. The van der Waals surface area contributed by atoms with E-state index in [2.05, 4.69) is 11.6 Å². The Kier molecular flexibility index (Phi) is 2.08. The molecule has 0 bridgehead atoms. The highest BCUT2D eigenvalue weighted by molar-refractivity contribution is 5.73. The first kappa shape index (κ1) is 10.4.